The van der Waals surface area contributed by atoms with Crippen molar-refractivity contribution in [1.82, 2.24) is 0 Å². The number of methoxy groups -OCH3 is 2. The van der Waals surface area contributed by atoms with E-state index in [0.717, 1.165) is 19.3 Å². The third-order valence-electron chi connectivity index (χ3n) is 2.72. The van der Waals surface area contributed by atoms with Gasteiger partial charge in [0, 0.05) is 12.5 Å². The first-order chi connectivity index (χ1) is 8.22. The van der Waals surface area contributed by atoms with Crippen molar-refractivity contribution in [1.29, 1.82) is 0 Å². The van der Waals surface area contributed by atoms with Crippen LogP contribution in [0.5, 0.6) is 11.5 Å². The smallest absolute Gasteiger partial charge is 0.166 e. The van der Waals surface area contributed by atoms with Gasteiger partial charge in [-0.25, -0.2) is 0 Å². The molecular formula is C14H20O3. The third-order valence-corrected chi connectivity index (χ3v) is 2.72. The minimum absolute atomic E-state index is 0.137. The molecule has 0 aromatic heterocycles. The Kier molecular flexibility index (Phi) is 5.53. The van der Waals surface area contributed by atoms with Crippen LogP contribution in [0, 0.1) is 0 Å². The maximum absolute atomic E-state index is 12.0. The fourth-order valence-electron chi connectivity index (χ4n) is 1.70. The van der Waals surface area contributed by atoms with Crippen LogP contribution in [0.25, 0.3) is 0 Å². The molecule has 17 heavy (non-hydrogen) atoms. The molecule has 0 N–H and O–H groups in total. The van der Waals surface area contributed by atoms with Crippen LogP contribution in [-0.2, 0) is 0 Å². The van der Waals surface area contributed by atoms with E-state index in [9.17, 15) is 4.79 Å². The van der Waals surface area contributed by atoms with Crippen molar-refractivity contribution in [2.45, 2.75) is 32.6 Å². The molecule has 0 amide bonds. The summed E-state index contributed by atoms with van der Waals surface area (Å²) in [5.41, 5.74) is 0.643. The number of benzene rings is 1. The first-order valence-electron chi connectivity index (χ1n) is 5.98. The summed E-state index contributed by atoms with van der Waals surface area (Å²) in [6.45, 7) is 2.12. The lowest BCUT2D eigenvalue weighted by atomic mass is 10.0. The van der Waals surface area contributed by atoms with Crippen LogP contribution >= 0.6 is 0 Å². The van der Waals surface area contributed by atoms with Crippen molar-refractivity contribution < 1.29 is 14.3 Å². The van der Waals surface area contributed by atoms with Crippen LogP contribution in [0.15, 0.2) is 18.2 Å². The molecule has 0 spiro atoms. The number of carbonyl (C=O) groups is 1. The van der Waals surface area contributed by atoms with Crippen LogP contribution in [0.1, 0.15) is 43.0 Å². The van der Waals surface area contributed by atoms with Crippen molar-refractivity contribution in [3.05, 3.63) is 23.8 Å². The lowest BCUT2D eigenvalue weighted by molar-refractivity contribution is 0.0976. The second kappa shape index (κ2) is 6.94. The number of carbonyl (C=O) groups excluding carboxylic acids is 1. The molecule has 0 aliphatic carbocycles. The van der Waals surface area contributed by atoms with E-state index in [1.165, 1.54) is 0 Å². The molecule has 0 aliphatic rings. The fourth-order valence-corrected chi connectivity index (χ4v) is 1.70. The van der Waals surface area contributed by atoms with E-state index in [4.69, 9.17) is 9.47 Å². The molecule has 3 heteroatoms. The van der Waals surface area contributed by atoms with Gasteiger partial charge >= 0.3 is 0 Å². The van der Waals surface area contributed by atoms with E-state index >= 15 is 0 Å². The summed E-state index contributed by atoms with van der Waals surface area (Å²) in [5, 5.41) is 0. The molecule has 0 atom stereocenters. The van der Waals surface area contributed by atoms with E-state index in [1.54, 1.807) is 32.4 Å². The van der Waals surface area contributed by atoms with Crippen LogP contribution in [-0.4, -0.2) is 20.0 Å². The Labute approximate surface area is 103 Å². The van der Waals surface area contributed by atoms with Gasteiger partial charge in [-0.05, 0) is 18.6 Å². The summed E-state index contributed by atoms with van der Waals surface area (Å²) in [6.07, 6.45) is 3.72. The van der Waals surface area contributed by atoms with Crippen LogP contribution < -0.4 is 9.47 Å². The molecule has 0 saturated carbocycles. The van der Waals surface area contributed by atoms with Gasteiger partial charge in [0.1, 0.15) is 11.5 Å². The fraction of sp³-hybridized carbons (Fsp3) is 0.500. The summed E-state index contributed by atoms with van der Waals surface area (Å²) in [6, 6.07) is 5.30. The molecule has 0 saturated heterocycles. The number of ether oxygens (including phenoxy) is 2. The molecule has 1 aromatic carbocycles. The molecule has 3 nitrogen and oxygen atoms in total. The second-order valence-corrected chi connectivity index (χ2v) is 3.95. The highest BCUT2D eigenvalue weighted by atomic mass is 16.5. The monoisotopic (exact) mass is 236 g/mol. The van der Waals surface area contributed by atoms with Crippen molar-refractivity contribution in [3.63, 3.8) is 0 Å². The van der Waals surface area contributed by atoms with E-state index < -0.39 is 0 Å². The highest BCUT2D eigenvalue weighted by molar-refractivity contribution is 5.98. The lowest BCUT2D eigenvalue weighted by Crippen LogP contribution is -2.02. The molecule has 1 aromatic rings. The van der Waals surface area contributed by atoms with Crippen molar-refractivity contribution in [2.75, 3.05) is 14.2 Å². The zero-order valence-corrected chi connectivity index (χ0v) is 10.8. The maximum atomic E-state index is 12.0. The zero-order chi connectivity index (χ0) is 12.7. The number of ketones is 1. The van der Waals surface area contributed by atoms with Crippen LogP contribution in [0.3, 0.4) is 0 Å². The van der Waals surface area contributed by atoms with Gasteiger partial charge in [0.25, 0.3) is 0 Å². The average Bonchev–Trinajstić information content (AvgIpc) is 2.38. The van der Waals surface area contributed by atoms with Gasteiger partial charge < -0.3 is 9.47 Å². The molecule has 0 aliphatic heterocycles. The Morgan fingerprint density at radius 2 is 1.94 bits per heavy atom. The molecule has 0 unspecified atom stereocenters. The SMILES string of the molecule is CCCCCC(=O)c1ccc(OC)cc1OC. The maximum Gasteiger partial charge on any atom is 0.166 e. The molecule has 0 heterocycles. The summed E-state index contributed by atoms with van der Waals surface area (Å²) < 4.78 is 10.3. The van der Waals surface area contributed by atoms with Crippen LogP contribution in [0.2, 0.25) is 0 Å². The summed E-state index contributed by atoms with van der Waals surface area (Å²) in [5.74, 6) is 1.43. The Bertz CT molecular complexity index is 372. The number of rotatable bonds is 7. The predicted molar refractivity (Wildman–Crippen MR) is 68.0 cm³/mol. The van der Waals surface area contributed by atoms with Gasteiger partial charge in [0.2, 0.25) is 0 Å². The Balaban J connectivity index is 2.78. The van der Waals surface area contributed by atoms with Gasteiger partial charge in [-0.2, -0.15) is 0 Å². The second-order valence-electron chi connectivity index (χ2n) is 3.95. The molecule has 94 valence electrons. The number of hydrogen-bond donors (Lipinski definition) is 0. The molecule has 0 fully saturated rings. The van der Waals surface area contributed by atoms with E-state index in [1.807, 2.05) is 0 Å². The first-order valence-corrected chi connectivity index (χ1v) is 5.98. The molecule has 1 rings (SSSR count). The minimum Gasteiger partial charge on any atom is -0.497 e. The van der Waals surface area contributed by atoms with Crippen molar-refractivity contribution >= 4 is 5.78 Å². The Hall–Kier alpha value is -1.51. The number of Topliss-reactive ketones (excluding diaryl/α,β-unsaturated/α-hetero) is 1. The van der Waals surface area contributed by atoms with Crippen LogP contribution in [0.4, 0.5) is 0 Å². The van der Waals surface area contributed by atoms with E-state index in [2.05, 4.69) is 6.92 Å². The number of unbranched alkanes of at least 4 members (excludes halogenated alkanes) is 2. The third kappa shape index (κ3) is 3.77. The normalized spacial score (nSPS) is 10.1. The quantitative estimate of drug-likeness (QED) is 0.537. The summed E-state index contributed by atoms with van der Waals surface area (Å²) in [4.78, 5) is 12.0. The Morgan fingerprint density at radius 3 is 2.53 bits per heavy atom. The zero-order valence-electron chi connectivity index (χ0n) is 10.8. The van der Waals surface area contributed by atoms with Gasteiger partial charge in [-0.15, -0.1) is 0 Å². The predicted octanol–water partition coefficient (Wildman–Crippen LogP) is 3.47. The van der Waals surface area contributed by atoms with Crippen molar-refractivity contribution in [2.24, 2.45) is 0 Å². The topological polar surface area (TPSA) is 35.5 Å². The highest BCUT2D eigenvalue weighted by Gasteiger charge is 2.12. The summed E-state index contributed by atoms with van der Waals surface area (Å²) in [7, 11) is 3.16. The van der Waals surface area contributed by atoms with Gasteiger partial charge in [0.05, 0.1) is 19.8 Å². The molecule has 0 bridgehead atoms. The largest absolute Gasteiger partial charge is 0.497 e. The molecular weight excluding hydrogens is 216 g/mol. The first kappa shape index (κ1) is 13.6. The van der Waals surface area contributed by atoms with E-state index in [-0.39, 0.29) is 5.78 Å². The van der Waals surface area contributed by atoms with Gasteiger partial charge in [-0.3, -0.25) is 4.79 Å². The standard InChI is InChI=1S/C14H20O3/c1-4-5-6-7-13(15)12-9-8-11(16-2)10-14(12)17-3/h8-10H,4-7H2,1-3H3. The van der Waals surface area contributed by atoms with E-state index in [0.29, 0.717) is 23.5 Å². The highest BCUT2D eigenvalue weighted by Crippen LogP contribution is 2.26. The summed E-state index contributed by atoms with van der Waals surface area (Å²) >= 11 is 0. The molecule has 0 radical (unpaired) electrons. The van der Waals surface area contributed by atoms with Gasteiger partial charge in [0.15, 0.2) is 5.78 Å². The number of hydrogen-bond acceptors (Lipinski definition) is 3. The average molecular weight is 236 g/mol. The van der Waals surface area contributed by atoms with Gasteiger partial charge in [-0.1, -0.05) is 19.8 Å². The Morgan fingerprint density at radius 1 is 1.18 bits per heavy atom. The van der Waals surface area contributed by atoms with Crippen molar-refractivity contribution in [3.8, 4) is 11.5 Å². The minimum atomic E-state index is 0.137. The lowest BCUT2D eigenvalue weighted by Gasteiger charge is -2.09.